The molecular weight excluding hydrogens is 294 g/mol. The van der Waals surface area contributed by atoms with Gasteiger partial charge in [0.1, 0.15) is 4.90 Å². The highest BCUT2D eigenvalue weighted by molar-refractivity contribution is 7.93. The molecule has 104 valence electrons. The Morgan fingerprint density at radius 3 is 2.90 bits per heavy atom. The second-order valence-electron chi connectivity index (χ2n) is 3.95. The highest BCUT2D eigenvalue weighted by atomic mass is 32.2. The molecule has 3 N–H and O–H groups in total. The second kappa shape index (κ2) is 6.05. The number of benzene rings is 1. The van der Waals surface area contributed by atoms with Gasteiger partial charge >= 0.3 is 0 Å². The summed E-state index contributed by atoms with van der Waals surface area (Å²) in [4.78, 5) is 4.03. The van der Waals surface area contributed by atoms with Gasteiger partial charge in [-0.2, -0.15) is 0 Å². The molecule has 0 amide bonds. The van der Waals surface area contributed by atoms with Gasteiger partial charge in [-0.3, -0.25) is 4.72 Å². The zero-order valence-electron chi connectivity index (χ0n) is 10.8. The van der Waals surface area contributed by atoms with E-state index in [1.807, 2.05) is 6.92 Å². The van der Waals surface area contributed by atoms with Crippen molar-refractivity contribution in [2.45, 2.75) is 11.8 Å². The topological polar surface area (TPSA) is 85.1 Å². The molecule has 7 heteroatoms. The van der Waals surface area contributed by atoms with E-state index in [1.165, 1.54) is 23.6 Å². The molecule has 0 radical (unpaired) electrons. The van der Waals surface area contributed by atoms with Crippen LogP contribution in [0.3, 0.4) is 0 Å². The van der Waals surface area contributed by atoms with Gasteiger partial charge < -0.3 is 5.73 Å². The van der Waals surface area contributed by atoms with Crippen LogP contribution in [-0.4, -0.2) is 19.9 Å². The lowest BCUT2D eigenvalue weighted by Crippen LogP contribution is -2.14. The van der Waals surface area contributed by atoms with Crippen molar-refractivity contribution in [1.29, 1.82) is 0 Å². The van der Waals surface area contributed by atoms with Gasteiger partial charge in [0.05, 0.1) is 6.54 Å². The number of sulfonamides is 1. The van der Waals surface area contributed by atoms with Crippen LogP contribution >= 0.6 is 11.3 Å². The highest BCUT2D eigenvalue weighted by Gasteiger charge is 2.19. The minimum atomic E-state index is -3.71. The zero-order chi connectivity index (χ0) is 14.6. The molecule has 0 fully saturated rings. The van der Waals surface area contributed by atoms with Crippen molar-refractivity contribution in [2.75, 3.05) is 11.3 Å². The van der Waals surface area contributed by atoms with E-state index < -0.39 is 10.0 Å². The van der Waals surface area contributed by atoms with Crippen LogP contribution < -0.4 is 10.5 Å². The van der Waals surface area contributed by atoms with E-state index in [9.17, 15) is 8.42 Å². The van der Waals surface area contributed by atoms with Crippen LogP contribution in [-0.2, 0) is 10.0 Å². The molecule has 0 bridgehead atoms. The predicted octanol–water partition coefficient (Wildman–Crippen LogP) is 1.56. The molecule has 5 nitrogen and oxygen atoms in total. The molecule has 0 aliphatic rings. The van der Waals surface area contributed by atoms with Gasteiger partial charge in [0.2, 0.25) is 0 Å². The first-order valence-corrected chi connectivity index (χ1v) is 8.11. The molecule has 0 aliphatic carbocycles. The molecule has 1 aromatic heterocycles. The third kappa shape index (κ3) is 3.36. The molecule has 0 unspecified atom stereocenters. The summed E-state index contributed by atoms with van der Waals surface area (Å²) in [6, 6.07) is 4.98. The van der Waals surface area contributed by atoms with Crippen LogP contribution in [0.5, 0.6) is 0 Å². The van der Waals surface area contributed by atoms with Crippen molar-refractivity contribution in [3.63, 3.8) is 0 Å². The van der Waals surface area contributed by atoms with Crippen LogP contribution in [0.25, 0.3) is 0 Å². The van der Waals surface area contributed by atoms with Crippen molar-refractivity contribution >= 4 is 26.5 Å². The fourth-order valence-electron chi connectivity index (χ4n) is 1.57. The Morgan fingerprint density at radius 1 is 1.45 bits per heavy atom. The van der Waals surface area contributed by atoms with Gasteiger partial charge in [-0.25, -0.2) is 13.4 Å². The Balaban J connectivity index is 2.45. The van der Waals surface area contributed by atoms with Crippen molar-refractivity contribution in [3.05, 3.63) is 40.9 Å². The second-order valence-corrected chi connectivity index (χ2v) is 6.49. The quantitative estimate of drug-likeness (QED) is 0.843. The molecular formula is C13H13N3O2S2. The molecule has 0 saturated heterocycles. The largest absolute Gasteiger partial charge is 0.320 e. The number of hydrogen-bond acceptors (Lipinski definition) is 5. The predicted molar refractivity (Wildman–Crippen MR) is 80.0 cm³/mol. The smallest absolute Gasteiger partial charge is 0.264 e. The third-order valence-electron chi connectivity index (χ3n) is 2.40. The Bertz CT molecular complexity index is 757. The summed E-state index contributed by atoms with van der Waals surface area (Å²) in [7, 11) is -3.71. The van der Waals surface area contributed by atoms with E-state index in [2.05, 4.69) is 21.5 Å². The molecule has 0 spiro atoms. The highest BCUT2D eigenvalue weighted by Crippen LogP contribution is 2.21. The van der Waals surface area contributed by atoms with Crippen molar-refractivity contribution in [2.24, 2.45) is 5.73 Å². The fourth-order valence-corrected chi connectivity index (χ4v) is 3.50. The number of nitrogens with two attached hydrogens (primary N) is 1. The molecule has 2 rings (SSSR count). The van der Waals surface area contributed by atoms with E-state index in [4.69, 9.17) is 5.73 Å². The summed E-state index contributed by atoms with van der Waals surface area (Å²) in [5, 5.41) is 2.02. The van der Waals surface area contributed by atoms with E-state index in [1.54, 1.807) is 17.5 Å². The maximum Gasteiger partial charge on any atom is 0.264 e. The Kier molecular flexibility index (Phi) is 4.39. The summed E-state index contributed by atoms with van der Waals surface area (Å²) in [5.41, 5.74) is 6.70. The number of nitrogens with one attached hydrogen (secondary N) is 1. The van der Waals surface area contributed by atoms with Crippen LogP contribution in [0.1, 0.15) is 11.1 Å². The Labute approximate surface area is 121 Å². The summed E-state index contributed by atoms with van der Waals surface area (Å²) in [6.45, 7) is 2.05. The van der Waals surface area contributed by atoms with E-state index in [-0.39, 0.29) is 11.4 Å². The summed E-state index contributed by atoms with van der Waals surface area (Å²) in [5.74, 6) is 5.46. The van der Waals surface area contributed by atoms with Crippen LogP contribution in [0.2, 0.25) is 0 Å². The minimum absolute atomic E-state index is 0.124. The van der Waals surface area contributed by atoms with E-state index in [0.717, 1.165) is 5.56 Å². The number of nitrogens with zero attached hydrogens (tertiary/aromatic N) is 1. The maximum absolute atomic E-state index is 12.4. The number of aromatic nitrogens is 1. The molecule has 0 saturated carbocycles. The van der Waals surface area contributed by atoms with Gasteiger partial charge in [-0.1, -0.05) is 17.9 Å². The summed E-state index contributed by atoms with van der Waals surface area (Å²) < 4.78 is 27.1. The van der Waals surface area contributed by atoms with Gasteiger partial charge in [0.25, 0.3) is 10.0 Å². The average molecular weight is 307 g/mol. The summed E-state index contributed by atoms with van der Waals surface area (Å²) in [6.07, 6.45) is 1.53. The number of aryl methyl sites for hydroxylation is 1. The standard InChI is InChI=1S/C13H13N3O2S2/c1-10-4-5-12(11(9-10)3-2-6-14)20(17,18)16-13-15-7-8-19-13/h4-5,7-9H,6,14H2,1H3,(H,15,16). The molecule has 1 aromatic carbocycles. The van der Waals surface area contributed by atoms with Crippen molar-refractivity contribution < 1.29 is 8.42 Å². The minimum Gasteiger partial charge on any atom is -0.320 e. The zero-order valence-corrected chi connectivity index (χ0v) is 12.4. The number of thiazole rings is 1. The van der Waals surface area contributed by atoms with Crippen molar-refractivity contribution in [3.8, 4) is 11.8 Å². The van der Waals surface area contributed by atoms with Crippen LogP contribution in [0, 0.1) is 18.8 Å². The monoisotopic (exact) mass is 307 g/mol. The molecule has 20 heavy (non-hydrogen) atoms. The third-order valence-corrected chi connectivity index (χ3v) is 4.62. The molecule has 2 aromatic rings. The summed E-state index contributed by atoms with van der Waals surface area (Å²) >= 11 is 1.21. The number of hydrogen-bond donors (Lipinski definition) is 2. The lowest BCUT2D eigenvalue weighted by atomic mass is 10.1. The lowest BCUT2D eigenvalue weighted by molar-refractivity contribution is 0.601. The van der Waals surface area contributed by atoms with E-state index in [0.29, 0.717) is 10.7 Å². The fraction of sp³-hybridized carbons (Fsp3) is 0.154. The Morgan fingerprint density at radius 2 is 2.25 bits per heavy atom. The maximum atomic E-state index is 12.4. The van der Waals surface area contributed by atoms with E-state index >= 15 is 0 Å². The SMILES string of the molecule is Cc1ccc(S(=O)(=O)Nc2nccs2)c(C#CCN)c1. The molecule has 0 atom stereocenters. The normalized spacial score (nSPS) is 10.7. The first-order chi connectivity index (χ1) is 9.53. The molecule has 1 heterocycles. The van der Waals surface area contributed by atoms with Gasteiger partial charge in [-0.05, 0) is 24.6 Å². The number of rotatable bonds is 3. The van der Waals surface area contributed by atoms with Crippen LogP contribution in [0.4, 0.5) is 5.13 Å². The lowest BCUT2D eigenvalue weighted by Gasteiger charge is -2.08. The Hall–Kier alpha value is -1.88. The number of anilines is 1. The van der Waals surface area contributed by atoms with Gasteiger partial charge in [0, 0.05) is 17.1 Å². The molecule has 0 aliphatic heterocycles. The van der Waals surface area contributed by atoms with Crippen LogP contribution in [0.15, 0.2) is 34.7 Å². The average Bonchev–Trinajstić information content (AvgIpc) is 2.88. The van der Waals surface area contributed by atoms with Gasteiger partial charge in [0.15, 0.2) is 5.13 Å². The first-order valence-electron chi connectivity index (χ1n) is 5.75. The first kappa shape index (κ1) is 14.5. The van der Waals surface area contributed by atoms with Gasteiger partial charge in [-0.15, -0.1) is 11.3 Å². The van der Waals surface area contributed by atoms with Crippen molar-refractivity contribution in [1.82, 2.24) is 4.98 Å².